The van der Waals surface area contributed by atoms with Crippen LogP contribution in [0.15, 0.2) is 22.9 Å². The molecule has 25 heavy (non-hydrogen) atoms. The van der Waals surface area contributed by atoms with Crippen LogP contribution in [0.2, 0.25) is 0 Å². The predicted molar refractivity (Wildman–Crippen MR) is 89.1 cm³/mol. The molecule has 3 aromatic heterocycles. The van der Waals surface area contributed by atoms with Crippen LogP contribution in [-0.4, -0.2) is 36.7 Å². The lowest BCUT2D eigenvalue weighted by Crippen LogP contribution is -2.33. The average Bonchev–Trinajstić information content (AvgIpc) is 3.29. The summed E-state index contributed by atoms with van der Waals surface area (Å²) >= 11 is 0. The number of aromatic nitrogens is 5. The Bertz CT molecular complexity index is 915. The Morgan fingerprint density at radius 3 is 3.04 bits per heavy atom. The predicted octanol–water partition coefficient (Wildman–Crippen LogP) is 1.87. The van der Waals surface area contributed by atoms with E-state index in [-0.39, 0.29) is 11.9 Å². The van der Waals surface area contributed by atoms with E-state index in [1.54, 1.807) is 23.8 Å². The van der Waals surface area contributed by atoms with Gasteiger partial charge in [0.1, 0.15) is 0 Å². The summed E-state index contributed by atoms with van der Waals surface area (Å²) in [5.41, 5.74) is 2.01. The number of hydrogen-bond acceptors (Lipinski definition) is 6. The third-order valence-electron chi connectivity index (χ3n) is 4.73. The zero-order chi connectivity index (χ0) is 17.4. The molecule has 130 valence electrons. The second-order valence-corrected chi connectivity index (χ2v) is 6.64. The van der Waals surface area contributed by atoms with E-state index in [2.05, 4.69) is 25.6 Å². The quantitative estimate of drug-likeness (QED) is 0.778. The molecule has 8 nitrogen and oxygen atoms in total. The summed E-state index contributed by atoms with van der Waals surface area (Å²) < 4.78 is 7.07. The van der Waals surface area contributed by atoms with Gasteiger partial charge >= 0.3 is 0 Å². The summed E-state index contributed by atoms with van der Waals surface area (Å²) in [4.78, 5) is 17.0. The number of nitrogens with one attached hydrogen (secondary N) is 1. The van der Waals surface area contributed by atoms with Crippen molar-refractivity contribution in [3.8, 4) is 0 Å². The van der Waals surface area contributed by atoms with E-state index in [0.29, 0.717) is 29.0 Å². The lowest BCUT2D eigenvalue weighted by atomic mass is 10.0. The summed E-state index contributed by atoms with van der Waals surface area (Å²) in [6.07, 6.45) is 7.10. The summed E-state index contributed by atoms with van der Waals surface area (Å²) in [6, 6.07) is 1.98. The molecule has 1 fully saturated rings. The van der Waals surface area contributed by atoms with Crippen LogP contribution >= 0.6 is 0 Å². The van der Waals surface area contributed by atoms with E-state index < -0.39 is 0 Å². The number of aryl methyl sites for hydroxylation is 2. The van der Waals surface area contributed by atoms with Crippen LogP contribution in [0.5, 0.6) is 0 Å². The largest absolute Gasteiger partial charge is 0.426 e. The highest BCUT2D eigenvalue weighted by atomic mass is 16.4. The Morgan fingerprint density at radius 1 is 1.36 bits per heavy atom. The molecular weight excluding hydrogens is 320 g/mol. The van der Waals surface area contributed by atoms with Crippen molar-refractivity contribution < 1.29 is 9.21 Å². The van der Waals surface area contributed by atoms with Crippen molar-refractivity contribution in [1.82, 2.24) is 30.1 Å². The van der Waals surface area contributed by atoms with Gasteiger partial charge in [0.2, 0.25) is 11.8 Å². The van der Waals surface area contributed by atoms with Gasteiger partial charge in [0.15, 0.2) is 5.65 Å². The molecule has 1 aliphatic carbocycles. The maximum atomic E-state index is 12.6. The van der Waals surface area contributed by atoms with Crippen molar-refractivity contribution in [3.63, 3.8) is 0 Å². The molecule has 0 saturated heterocycles. The van der Waals surface area contributed by atoms with E-state index in [0.717, 1.165) is 31.3 Å². The van der Waals surface area contributed by atoms with Crippen LogP contribution in [0.3, 0.4) is 0 Å². The average molecular weight is 340 g/mol. The van der Waals surface area contributed by atoms with Crippen LogP contribution in [-0.2, 0) is 6.42 Å². The highest BCUT2D eigenvalue weighted by Gasteiger charge is 2.28. The van der Waals surface area contributed by atoms with Gasteiger partial charge in [-0.05, 0) is 32.1 Å². The molecule has 3 aromatic rings. The second-order valence-electron chi connectivity index (χ2n) is 6.64. The summed E-state index contributed by atoms with van der Waals surface area (Å²) in [5.74, 6) is 1.63. The van der Waals surface area contributed by atoms with E-state index >= 15 is 0 Å². The zero-order valence-electron chi connectivity index (χ0n) is 14.3. The minimum absolute atomic E-state index is 0.0957. The molecule has 1 N–H and O–H groups in total. The van der Waals surface area contributed by atoms with Gasteiger partial charge in [0.25, 0.3) is 5.91 Å². The number of nitrogens with zero attached hydrogens (tertiary/aromatic N) is 5. The maximum Gasteiger partial charge on any atom is 0.254 e. The second kappa shape index (κ2) is 6.27. The smallest absolute Gasteiger partial charge is 0.254 e. The minimum atomic E-state index is -0.0957. The Hall–Kier alpha value is -2.77. The van der Waals surface area contributed by atoms with Crippen LogP contribution < -0.4 is 5.32 Å². The molecule has 1 saturated carbocycles. The molecule has 0 aliphatic heterocycles. The molecule has 0 radical (unpaired) electrons. The first kappa shape index (κ1) is 15.7. The van der Waals surface area contributed by atoms with Crippen molar-refractivity contribution in [2.75, 3.05) is 0 Å². The monoisotopic (exact) mass is 340 g/mol. The number of fused-ring (bicyclic) bond motifs is 1. The van der Waals surface area contributed by atoms with Gasteiger partial charge in [0.05, 0.1) is 17.5 Å². The first-order valence-electron chi connectivity index (χ1n) is 8.49. The van der Waals surface area contributed by atoms with Crippen LogP contribution in [0.4, 0.5) is 0 Å². The third-order valence-corrected chi connectivity index (χ3v) is 4.73. The number of amides is 1. The lowest BCUT2D eigenvalue weighted by molar-refractivity contribution is 0.0935. The number of carbonyl (C=O) groups is 1. The summed E-state index contributed by atoms with van der Waals surface area (Å²) in [7, 11) is 0. The van der Waals surface area contributed by atoms with Gasteiger partial charge in [-0.15, -0.1) is 10.2 Å². The summed E-state index contributed by atoms with van der Waals surface area (Å²) in [5, 5.41) is 15.2. The maximum absolute atomic E-state index is 12.6. The molecular formula is C17H20N6O2. The first-order valence-corrected chi connectivity index (χ1v) is 8.49. The van der Waals surface area contributed by atoms with Crippen LogP contribution in [0, 0.1) is 19.8 Å². The molecule has 3 heterocycles. The van der Waals surface area contributed by atoms with Gasteiger partial charge in [-0.1, -0.05) is 0 Å². The van der Waals surface area contributed by atoms with E-state index in [1.807, 2.05) is 13.0 Å². The summed E-state index contributed by atoms with van der Waals surface area (Å²) in [6.45, 7) is 3.64. The number of hydrogen-bond donors (Lipinski definition) is 1. The fourth-order valence-electron chi connectivity index (χ4n) is 3.49. The van der Waals surface area contributed by atoms with Gasteiger partial charge in [-0.25, -0.2) is 9.50 Å². The van der Waals surface area contributed by atoms with Crippen LogP contribution in [0.25, 0.3) is 5.65 Å². The zero-order valence-corrected chi connectivity index (χ0v) is 14.3. The highest BCUT2D eigenvalue weighted by molar-refractivity contribution is 5.95. The lowest BCUT2D eigenvalue weighted by Gasteiger charge is -2.14. The Balaban J connectivity index is 1.40. The molecule has 0 aromatic carbocycles. The van der Waals surface area contributed by atoms with Crippen molar-refractivity contribution in [1.29, 1.82) is 0 Å². The molecule has 1 amide bonds. The van der Waals surface area contributed by atoms with Gasteiger partial charge in [-0.2, -0.15) is 5.10 Å². The van der Waals surface area contributed by atoms with E-state index in [9.17, 15) is 4.79 Å². The molecule has 1 aliphatic rings. The van der Waals surface area contributed by atoms with Gasteiger partial charge in [0, 0.05) is 31.6 Å². The standard InChI is InChI=1S/C17H20N6O2/c1-10-14(9-23-15(19-10)5-6-18-23)17(24)20-13-4-3-12(7-13)8-16-22-21-11(2)25-16/h5-6,9,12-13H,3-4,7-8H2,1-2H3,(H,20,24)/t12-,13+/m1/s1. The molecule has 8 heteroatoms. The molecule has 0 spiro atoms. The third kappa shape index (κ3) is 3.24. The highest BCUT2D eigenvalue weighted by Crippen LogP contribution is 2.28. The van der Waals surface area contributed by atoms with Crippen molar-refractivity contribution in [2.45, 2.75) is 45.6 Å². The number of carbonyl (C=O) groups excluding carboxylic acids is 1. The minimum Gasteiger partial charge on any atom is -0.426 e. The van der Waals surface area contributed by atoms with Gasteiger partial charge in [-0.3, -0.25) is 4.79 Å². The Morgan fingerprint density at radius 2 is 2.24 bits per heavy atom. The fraction of sp³-hybridized carbons (Fsp3) is 0.471. The SMILES string of the molecule is Cc1nnc(C[C@@H]2CC[C@H](NC(=O)c3cn4nccc4nc3C)C2)o1. The van der Waals surface area contributed by atoms with Crippen molar-refractivity contribution in [3.05, 3.63) is 41.5 Å². The van der Waals surface area contributed by atoms with Crippen molar-refractivity contribution >= 4 is 11.6 Å². The number of rotatable bonds is 4. The Kier molecular flexibility index (Phi) is 3.95. The Labute approximate surface area is 144 Å². The molecule has 2 atom stereocenters. The fourth-order valence-corrected chi connectivity index (χ4v) is 3.49. The molecule has 0 unspecified atom stereocenters. The molecule has 4 rings (SSSR count). The van der Waals surface area contributed by atoms with Gasteiger partial charge < -0.3 is 9.73 Å². The van der Waals surface area contributed by atoms with E-state index in [1.165, 1.54) is 0 Å². The van der Waals surface area contributed by atoms with Crippen molar-refractivity contribution in [2.24, 2.45) is 5.92 Å². The van der Waals surface area contributed by atoms with E-state index in [4.69, 9.17) is 4.42 Å². The van der Waals surface area contributed by atoms with Crippen LogP contribution in [0.1, 0.15) is 47.1 Å². The first-order chi connectivity index (χ1) is 12.1. The normalized spacial score (nSPS) is 20.2. The topological polar surface area (TPSA) is 98.2 Å². The molecule has 0 bridgehead atoms.